The average Bonchev–Trinajstić information content (AvgIpc) is 2.87. The molecule has 4 heteroatoms. The molecule has 0 bridgehead atoms. The summed E-state index contributed by atoms with van der Waals surface area (Å²) in [5.74, 6) is 0.549. The van der Waals surface area contributed by atoms with Crippen molar-refractivity contribution < 1.29 is 9.53 Å². The third kappa shape index (κ3) is 12.7. The highest BCUT2D eigenvalue weighted by atomic mass is 35.5. The molecule has 1 aromatic carbocycles. The Kier molecular flexibility index (Phi) is 15.3. The van der Waals surface area contributed by atoms with Gasteiger partial charge in [0.05, 0.1) is 0 Å². The summed E-state index contributed by atoms with van der Waals surface area (Å²) >= 11 is 6.09. The minimum Gasteiger partial charge on any atom is -0.488 e. The van der Waals surface area contributed by atoms with Gasteiger partial charge in [-0.05, 0) is 44.1 Å². The third-order valence-corrected chi connectivity index (χ3v) is 5.07. The van der Waals surface area contributed by atoms with Gasteiger partial charge in [-0.25, -0.2) is 0 Å². The van der Waals surface area contributed by atoms with Crippen molar-refractivity contribution in [2.45, 2.75) is 33.8 Å². The first kappa shape index (κ1) is 28.7. The van der Waals surface area contributed by atoms with Crippen molar-refractivity contribution in [3.63, 3.8) is 0 Å². The molecular formula is C30H36ClNO2. The maximum atomic E-state index is 12.0. The van der Waals surface area contributed by atoms with Gasteiger partial charge in [0.2, 0.25) is 0 Å². The lowest BCUT2D eigenvalue weighted by atomic mass is 10.0. The van der Waals surface area contributed by atoms with Crippen LogP contribution in [0, 0.1) is 0 Å². The highest BCUT2D eigenvalue weighted by Crippen LogP contribution is 2.19. The summed E-state index contributed by atoms with van der Waals surface area (Å²) in [5, 5.41) is 0.645. The number of hydrogen-bond acceptors (Lipinski definition) is 3. The van der Waals surface area contributed by atoms with Gasteiger partial charge in [0.25, 0.3) is 0 Å². The van der Waals surface area contributed by atoms with E-state index in [0.717, 1.165) is 24.0 Å². The monoisotopic (exact) mass is 477 g/mol. The van der Waals surface area contributed by atoms with Crippen LogP contribution in [0.2, 0.25) is 0 Å². The number of ether oxygens (including phenoxy) is 1. The normalized spacial score (nSPS) is 14.1. The number of nitrogens with zero attached hydrogens (tertiary/aromatic N) is 1. The molecule has 180 valence electrons. The Bertz CT molecular complexity index is 976. The van der Waals surface area contributed by atoms with E-state index < -0.39 is 0 Å². The fraction of sp³-hybridized carbons (Fsp3) is 0.233. The minimum absolute atomic E-state index is 0.378. The standard InChI is InChI=1S/C30H36ClNO2/c1-5-8-9-10-11-15-21-32(4)22-20-30(34-25-27-16-13-12-14-17-27)28(24-33)23-26(6-2)18-19-29(31)7-3/h5-20,22,24H,21,23,25H2,1-4H3/b8-5-,10-9-,15-11+,19-18-,22-20-,26-6+,29-7+,30-28+. The van der Waals surface area contributed by atoms with E-state index in [1.807, 2.05) is 130 Å². The first-order valence-electron chi connectivity index (χ1n) is 11.4. The molecule has 0 heterocycles. The van der Waals surface area contributed by atoms with E-state index in [0.29, 0.717) is 29.4 Å². The first-order chi connectivity index (χ1) is 16.5. The number of carbonyl (C=O) groups excluding carboxylic acids is 1. The summed E-state index contributed by atoms with van der Waals surface area (Å²) in [6.07, 6.45) is 24.6. The largest absolute Gasteiger partial charge is 0.488 e. The van der Waals surface area contributed by atoms with Gasteiger partial charge in [-0.15, -0.1) is 0 Å². The summed E-state index contributed by atoms with van der Waals surface area (Å²) in [5.41, 5.74) is 2.58. The summed E-state index contributed by atoms with van der Waals surface area (Å²) in [7, 11) is 1.98. The molecule has 0 unspecified atom stereocenters. The van der Waals surface area contributed by atoms with Crippen LogP contribution in [0.5, 0.6) is 0 Å². The molecular weight excluding hydrogens is 442 g/mol. The predicted octanol–water partition coefficient (Wildman–Crippen LogP) is 7.83. The number of allylic oxidation sites excluding steroid dienone is 13. The molecule has 1 rings (SSSR count). The lowest BCUT2D eigenvalue weighted by Gasteiger charge is -2.14. The molecule has 0 saturated heterocycles. The van der Waals surface area contributed by atoms with E-state index in [9.17, 15) is 4.79 Å². The van der Waals surface area contributed by atoms with Crippen molar-refractivity contribution in [2.75, 3.05) is 13.6 Å². The molecule has 0 aliphatic carbocycles. The van der Waals surface area contributed by atoms with E-state index in [-0.39, 0.29) is 0 Å². The smallest absolute Gasteiger partial charge is 0.150 e. The summed E-state index contributed by atoms with van der Waals surface area (Å²) < 4.78 is 6.10. The maximum Gasteiger partial charge on any atom is 0.150 e. The Morgan fingerprint density at radius 2 is 1.71 bits per heavy atom. The zero-order chi connectivity index (χ0) is 25.0. The number of likely N-dealkylation sites (N-methyl/N-ethyl adjacent to an activating group) is 1. The Labute approximate surface area is 210 Å². The van der Waals surface area contributed by atoms with Crippen molar-refractivity contribution in [3.05, 3.63) is 131 Å². The highest BCUT2D eigenvalue weighted by Gasteiger charge is 2.08. The number of aldehydes is 1. The van der Waals surface area contributed by atoms with Crippen LogP contribution in [0.15, 0.2) is 125 Å². The van der Waals surface area contributed by atoms with Crippen LogP contribution < -0.4 is 0 Å². The van der Waals surface area contributed by atoms with E-state index in [4.69, 9.17) is 16.3 Å². The highest BCUT2D eigenvalue weighted by molar-refractivity contribution is 6.31. The van der Waals surface area contributed by atoms with Crippen molar-refractivity contribution in [3.8, 4) is 0 Å². The maximum absolute atomic E-state index is 12.0. The van der Waals surface area contributed by atoms with Gasteiger partial charge in [0.15, 0.2) is 0 Å². The molecule has 0 amide bonds. The molecule has 0 spiro atoms. The van der Waals surface area contributed by atoms with E-state index in [1.165, 1.54) is 0 Å². The quantitative estimate of drug-likeness (QED) is 0.118. The van der Waals surface area contributed by atoms with Gasteiger partial charge in [-0.2, -0.15) is 0 Å². The molecule has 0 N–H and O–H groups in total. The van der Waals surface area contributed by atoms with Gasteiger partial charge < -0.3 is 9.64 Å². The molecule has 0 saturated carbocycles. The minimum atomic E-state index is 0.378. The van der Waals surface area contributed by atoms with Crippen LogP contribution >= 0.6 is 11.6 Å². The number of benzene rings is 1. The second kappa shape index (κ2) is 18.2. The first-order valence-corrected chi connectivity index (χ1v) is 11.7. The molecule has 3 nitrogen and oxygen atoms in total. The van der Waals surface area contributed by atoms with Gasteiger partial charge in [-0.3, -0.25) is 4.79 Å². The van der Waals surface area contributed by atoms with Gasteiger partial charge in [0.1, 0.15) is 18.7 Å². The van der Waals surface area contributed by atoms with Gasteiger partial charge in [0, 0.05) is 36.8 Å². The molecule has 1 aromatic rings. The molecule has 0 aromatic heterocycles. The van der Waals surface area contributed by atoms with Crippen LogP contribution in [-0.2, 0) is 16.1 Å². The van der Waals surface area contributed by atoms with E-state index in [2.05, 4.69) is 6.08 Å². The summed E-state index contributed by atoms with van der Waals surface area (Å²) in [6.45, 7) is 6.91. The average molecular weight is 478 g/mol. The molecule has 34 heavy (non-hydrogen) atoms. The van der Waals surface area contributed by atoms with Crippen LogP contribution in [0.25, 0.3) is 0 Å². The van der Waals surface area contributed by atoms with Crippen LogP contribution in [0.1, 0.15) is 32.8 Å². The number of carbonyl (C=O) groups is 1. The van der Waals surface area contributed by atoms with Crippen molar-refractivity contribution >= 4 is 17.9 Å². The Morgan fingerprint density at radius 1 is 0.971 bits per heavy atom. The van der Waals surface area contributed by atoms with Crippen molar-refractivity contribution in [1.82, 2.24) is 4.90 Å². The fourth-order valence-corrected chi connectivity index (χ4v) is 2.79. The van der Waals surface area contributed by atoms with Crippen LogP contribution in [-0.4, -0.2) is 24.8 Å². The molecule has 0 aliphatic rings. The zero-order valence-electron chi connectivity index (χ0n) is 20.7. The second-order valence-electron chi connectivity index (χ2n) is 7.42. The second-order valence-corrected chi connectivity index (χ2v) is 7.86. The SMILES string of the molecule is C\C=C/C=C\C=C\CN(C)/C=C\C(OCc1ccccc1)=C(/C=O)CC(/C=C\C(Cl)=C/C)=C/C. The van der Waals surface area contributed by atoms with Crippen LogP contribution in [0.4, 0.5) is 0 Å². The van der Waals surface area contributed by atoms with Gasteiger partial charge in [-0.1, -0.05) is 96.6 Å². The lowest BCUT2D eigenvalue weighted by molar-refractivity contribution is -0.105. The predicted molar refractivity (Wildman–Crippen MR) is 146 cm³/mol. The zero-order valence-corrected chi connectivity index (χ0v) is 21.4. The summed E-state index contributed by atoms with van der Waals surface area (Å²) in [4.78, 5) is 14.1. The Balaban J connectivity index is 3.07. The fourth-order valence-electron chi connectivity index (χ4n) is 2.73. The van der Waals surface area contributed by atoms with Crippen molar-refractivity contribution in [2.24, 2.45) is 0 Å². The molecule has 0 fully saturated rings. The molecule has 0 atom stereocenters. The Morgan fingerprint density at radius 3 is 2.35 bits per heavy atom. The topological polar surface area (TPSA) is 29.5 Å². The summed E-state index contributed by atoms with van der Waals surface area (Å²) in [6, 6.07) is 9.90. The molecule has 0 radical (unpaired) electrons. The molecule has 0 aliphatic heterocycles. The number of hydrogen-bond donors (Lipinski definition) is 0. The lowest BCUT2D eigenvalue weighted by Crippen LogP contribution is -2.10. The van der Waals surface area contributed by atoms with E-state index in [1.54, 1.807) is 0 Å². The Hall–Kier alpha value is -3.30. The third-order valence-electron chi connectivity index (χ3n) is 4.73. The van der Waals surface area contributed by atoms with Crippen LogP contribution in [0.3, 0.4) is 0 Å². The number of rotatable bonds is 14. The van der Waals surface area contributed by atoms with Crippen molar-refractivity contribution in [1.29, 1.82) is 0 Å². The number of halogens is 1. The van der Waals surface area contributed by atoms with E-state index >= 15 is 0 Å². The van der Waals surface area contributed by atoms with Gasteiger partial charge >= 0.3 is 0 Å².